The number of rotatable bonds is 14. The summed E-state index contributed by atoms with van der Waals surface area (Å²) in [6.07, 6.45) is 2.50. The second kappa shape index (κ2) is 17.6. The normalized spacial score (nSPS) is 14.9. The number of hydrogen-bond acceptors (Lipinski definition) is 12. The average Bonchev–Trinajstić information content (AvgIpc) is 3.78. The van der Waals surface area contributed by atoms with Crippen LogP contribution >= 0.6 is 0 Å². The summed E-state index contributed by atoms with van der Waals surface area (Å²) in [4.78, 5) is 42.4. The third kappa shape index (κ3) is 9.46. The van der Waals surface area contributed by atoms with Crippen molar-refractivity contribution in [1.29, 1.82) is 0 Å². The van der Waals surface area contributed by atoms with E-state index >= 15 is 0 Å². The number of amides is 1. The van der Waals surface area contributed by atoms with E-state index in [0.717, 1.165) is 34.6 Å². The topological polar surface area (TPSA) is 161 Å². The highest BCUT2D eigenvalue weighted by Gasteiger charge is 2.31. The summed E-state index contributed by atoms with van der Waals surface area (Å²) in [5.74, 6) is 0.747. The van der Waals surface area contributed by atoms with E-state index in [1.54, 1.807) is 44.9 Å². The maximum atomic E-state index is 13.6. The summed E-state index contributed by atoms with van der Waals surface area (Å²) in [6.45, 7) is 16.3. The van der Waals surface area contributed by atoms with Crippen LogP contribution < -0.4 is 15.5 Å². The summed E-state index contributed by atoms with van der Waals surface area (Å²) < 4.78 is 29.8. The molecule has 0 unspecified atom stereocenters. The van der Waals surface area contributed by atoms with Crippen molar-refractivity contribution in [3.63, 3.8) is 0 Å². The molecular weight excluding hydrogens is 779 g/mol. The standard InChI is InChI=1S/C43H51N13O3S/c1-28-20-33-24-36(46-37(33)21-29(28)2)27-53(7)43-50-41(49-42(51-43)48-38(40(57)52(5)6)23-31-12-14-34(44-4)15-13-31)47-35-11-9-10-32(22-35)26-55-16-18-56(19-17-55)60(58,59)39-25-45-54(8)30(39)3/h9-15,20-22,25,38H,16-19,23-24,26-27H2,1-3,5-8H3,(H2,47,48,49,50,51)/t38-/m0/s1. The predicted octanol–water partition coefficient (Wildman–Crippen LogP) is 5.21. The Morgan fingerprint density at radius 3 is 2.32 bits per heavy atom. The number of hydrogen-bond donors (Lipinski definition) is 2. The van der Waals surface area contributed by atoms with Gasteiger partial charge in [-0.3, -0.25) is 19.4 Å². The number of fused-ring (bicyclic) bond motifs is 1. The van der Waals surface area contributed by atoms with Gasteiger partial charge in [-0.05, 0) is 66.8 Å². The van der Waals surface area contributed by atoms with Crippen molar-refractivity contribution in [3.05, 3.63) is 112 Å². The number of carbonyl (C=O) groups is 1. The average molecular weight is 830 g/mol. The van der Waals surface area contributed by atoms with Crippen molar-refractivity contribution in [3.8, 4) is 0 Å². The molecule has 1 fully saturated rings. The van der Waals surface area contributed by atoms with Crippen LogP contribution in [0.5, 0.6) is 0 Å². The van der Waals surface area contributed by atoms with Crippen LogP contribution in [0.3, 0.4) is 0 Å². The Balaban J connectivity index is 1.10. The first-order chi connectivity index (χ1) is 28.7. The number of piperazine rings is 1. The van der Waals surface area contributed by atoms with Crippen LogP contribution in [0.1, 0.15) is 33.5 Å². The summed E-state index contributed by atoms with van der Waals surface area (Å²) in [5.41, 5.74) is 9.43. The summed E-state index contributed by atoms with van der Waals surface area (Å²) in [5, 5.41) is 10.8. The molecule has 7 rings (SSSR count). The molecule has 2 aliphatic rings. The molecule has 2 N–H and O–H groups in total. The van der Waals surface area contributed by atoms with E-state index in [2.05, 4.69) is 51.5 Å². The first-order valence-corrected chi connectivity index (χ1v) is 21.3. The van der Waals surface area contributed by atoms with Crippen molar-refractivity contribution >= 4 is 56.5 Å². The van der Waals surface area contributed by atoms with Crippen molar-refractivity contribution in [1.82, 2.24) is 38.8 Å². The van der Waals surface area contributed by atoms with Crippen molar-refractivity contribution in [2.24, 2.45) is 12.0 Å². The monoisotopic (exact) mass is 829 g/mol. The maximum absolute atomic E-state index is 13.6. The first kappa shape index (κ1) is 41.9. The molecule has 0 aliphatic carbocycles. The molecule has 60 heavy (non-hydrogen) atoms. The van der Waals surface area contributed by atoms with E-state index in [0.29, 0.717) is 63.0 Å². The summed E-state index contributed by atoms with van der Waals surface area (Å²) in [7, 11) is 3.44. The van der Waals surface area contributed by atoms with Crippen molar-refractivity contribution in [2.45, 2.75) is 51.1 Å². The van der Waals surface area contributed by atoms with E-state index in [1.165, 1.54) is 32.1 Å². The second-order valence-electron chi connectivity index (χ2n) is 15.7. The Labute approximate surface area is 351 Å². The minimum atomic E-state index is -3.63. The number of carbonyl (C=O) groups excluding carboxylic acids is 1. The lowest BCUT2D eigenvalue weighted by Crippen LogP contribution is -2.48. The second-order valence-corrected chi connectivity index (χ2v) is 17.6. The fraction of sp³-hybridized carbons (Fsp3) is 0.372. The Bertz CT molecular complexity index is 2570. The molecule has 2 aliphatic heterocycles. The lowest BCUT2D eigenvalue weighted by Gasteiger charge is -2.34. The van der Waals surface area contributed by atoms with Crippen LogP contribution in [0.2, 0.25) is 0 Å². The van der Waals surface area contributed by atoms with Gasteiger partial charge in [-0.1, -0.05) is 42.5 Å². The van der Waals surface area contributed by atoms with Gasteiger partial charge in [0.25, 0.3) is 0 Å². The van der Waals surface area contributed by atoms with Crippen LogP contribution in [0.25, 0.3) is 4.85 Å². The van der Waals surface area contributed by atoms with E-state index < -0.39 is 16.1 Å². The minimum absolute atomic E-state index is 0.156. The molecule has 17 heteroatoms. The van der Waals surface area contributed by atoms with Crippen LogP contribution in [0, 0.1) is 27.3 Å². The highest BCUT2D eigenvalue weighted by atomic mass is 32.2. The fourth-order valence-corrected chi connectivity index (χ4v) is 8.98. The number of benzene rings is 3. The Kier molecular flexibility index (Phi) is 12.3. The number of sulfonamides is 1. The number of aliphatic imine (C=N–C) groups is 1. The van der Waals surface area contributed by atoms with Crippen LogP contribution in [0.4, 0.5) is 34.9 Å². The molecule has 0 saturated carbocycles. The smallest absolute Gasteiger partial charge is 0.246 e. The lowest BCUT2D eigenvalue weighted by molar-refractivity contribution is -0.129. The van der Waals surface area contributed by atoms with Gasteiger partial charge in [0, 0.05) is 85.2 Å². The zero-order valence-corrected chi connectivity index (χ0v) is 36.0. The number of likely N-dealkylation sites (N-methyl/N-ethyl adjacent to an activating group) is 1. The number of aryl methyl sites for hydroxylation is 3. The van der Waals surface area contributed by atoms with E-state index in [1.807, 2.05) is 48.3 Å². The van der Waals surface area contributed by atoms with Gasteiger partial charge in [0.2, 0.25) is 33.8 Å². The molecule has 1 saturated heterocycles. The predicted molar refractivity (Wildman–Crippen MR) is 234 cm³/mol. The van der Waals surface area contributed by atoms with Gasteiger partial charge in [-0.15, -0.1) is 0 Å². The molecule has 1 atom stereocenters. The molecule has 5 aromatic rings. The van der Waals surface area contributed by atoms with Gasteiger partial charge in [0.1, 0.15) is 10.9 Å². The molecule has 16 nitrogen and oxygen atoms in total. The third-order valence-electron chi connectivity index (χ3n) is 11.0. The zero-order valence-electron chi connectivity index (χ0n) is 35.1. The molecule has 1 amide bonds. The van der Waals surface area contributed by atoms with Gasteiger partial charge >= 0.3 is 0 Å². The molecule has 4 heterocycles. The highest BCUT2D eigenvalue weighted by molar-refractivity contribution is 7.89. The van der Waals surface area contributed by atoms with Crippen LogP contribution in [-0.2, 0) is 41.3 Å². The number of nitrogens with zero attached hydrogens (tertiary/aromatic N) is 11. The summed E-state index contributed by atoms with van der Waals surface area (Å²) in [6, 6.07) is 18.8. The van der Waals surface area contributed by atoms with Gasteiger partial charge < -0.3 is 20.4 Å². The molecule has 2 aromatic heterocycles. The van der Waals surface area contributed by atoms with Crippen molar-refractivity contribution < 1.29 is 13.2 Å². The number of anilines is 4. The molecule has 0 radical (unpaired) electrons. The minimum Gasteiger partial charge on any atom is -0.347 e. The molecular formula is C43H51N13O3S. The van der Waals surface area contributed by atoms with Crippen LogP contribution in [0.15, 0.2) is 76.7 Å². The molecule has 3 aromatic carbocycles. The van der Waals surface area contributed by atoms with E-state index in [-0.39, 0.29) is 22.7 Å². The zero-order chi connectivity index (χ0) is 42.7. The Morgan fingerprint density at radius 1 is 0.917 bits per heavy atom. The SMILES string of the molecule is [C-]#[N+]c1ccc(C[C@H](Nc2nc(Nc3cccc(CN4CCN(S(=O)(=O)c5cnn(C)c5C)CC4)c3)nc(N(C)CC3=Nc4cc(C)c(C)cc4C3)n2)C(=O)N(C)C)cc1. The first-order valence-electron chi connectivity index (χ1n) is 19.8. The Hall–Kier alpha value is -6.22. The largest absolute Gasteiger partial charge is 0.347 e. The van der Waals surface area contributed by atoms with E-state index in [9.17, 15) is 13.2 Å². The quantitative estimate of drug-likeness (QED) is 0.142. The number of nitrogens with one attached hydrogen (secondary N) is 2. The number of aromatic nitrogens is 5. The van der Waals surface area contributed by atoms with Gasteiger partial charge in [-0.25, -0.2) is 13.3 Å². The molecule has 0 spiro atoms. The maximum Gasteiger partial charge on any atom is 0.246 e. The van der Waals surface area contributed by atoms with Gasteiger partial charge in [0.15, 0.2) is 5.69 Å². The summed E-state index contributed by atoms with van der Waals surface area (Å²) >= 11 is 0. The third-order valence-corrected chi connectivity index (χ3v) is 13.0. The lowest BCUT2D eigenvalue weighted by atomic mass is 10.0. The molecule has 312 valence electrons. The van der Waals surface area contributed by atoms with Crippen LogP contribution in [-0.4, -0.2) is 119 Å². The van der Waals surface area contributed by atoms with Gasteiger partial charge in [0.05, 0.1) is 30.7 Å². The Morgan fingerprint density at radius 2 is 1.63 bits per heavy atom. The van der Waals surface area contributed by atoms with E-state index in [4.69, 9.17) is 26.5 Å². The highest BCUT2D eigenvalue weighted by Crippen LogP contribution is 2.30. The fourth-order valence-electron chi connectivity index (χ4n) is 7.37. The van der Waals surface area contributed by atoms with Crippen molar-refractivity contribution in [2.75, 3.05) is 69.4 Å². The van der Waals surface area contributed by atoms with Gasteiger partial charge in [-0.2, -0.15) is 24.4 Å². The molecule has 0 bridgehead atoms.